The molecular formula is C19H20ClNO3. The molecule has 2 aromatic rings. The lowest BCUT2D eigenvalue weighted by atomic mass is 10.0. The average Bonchev–Trinajstić information content (AvgIpc) is 2.53. The molecule has 5 heteroatoms. The zero-order chi connectivity index (χ0) is 17.9. The third kappa shape index (κ3) is 4.15. The number of carbonyl (C=O) groups is 2. The highest BCUT2D eigenvalue weighted by molar-refractivity contribution is 6.31. The fourth-order valence-electron chi connectivity index (χ4n) is 2.21. The summed E-state index contributed by atoms with van der Waals surface area (Å²) in [6.45, 7) is 7.17. The topological polar surface area (TPSA) is 55.4 Å². The van der Waals surface area contributed by atoms with Crippen molar-refractivity contribution in [3.05, 3.63) is 63.7 Å². The van der Waals surface area contributed by atoms with E-state index >= 15 is 0 Å². The molecule has 0 aliphatic carbocycles. The van der Waals surface area contributed by atoms with E-state index < -0.39 is 18.0 Å². The number of hydrogen-bond acceptors (Lipinski definition) is 3. The van der Waals surface area contributed by atoms with Crippen LogP contribution in [0.2, 0.25) is 5.02 Å². The second-order valence-corrected chi connectivity index (χ2v) is 6.18. The van der Waals surface area contributed by atoms with E-state index in [9.17, 15) is 9.59 Å². The highest BCUT2D eigenvalue weighted by Gasteiger charge is 2.21. The molecule has 2 aromatic carbocycles. The van der Waals surface area contributed by atoms with Crippen molar-refractivity contribution in [1.82, 2.24) is 0 Å². The van der Waals surface area contributed by atoms with Gasteiger partial charge in [-0.3, -0.25) is 4.79 Å². The molecule has 0 bridgehead atoms. The first-order chi connectivity index (χ1) is 11.3. The molecule has 4 nitrogen and oxygen atoms in total. The van der Waals surface area contributed by atoms with E-state index in [1.54, 1.807) is 24.3 Å². The fraction of sp³-hybridized carbons (Fsp3) is 0.263. The van der Waals surface area contributed by atoms with Crippen LogP contribution in [0, 0.1) is 20.8 Å². The number of hydrogen-bond donors (Lipinski definition) is 1. The number of carbonyl (C=O) groups excluding carboxylic acids is 2. The molecule has 0 heterocycles. The molecule has 126 valence electrons. The van der Waals surface area contributed by atoms with Crippen molar-refractivity contribution in [3.8, 4) is 0 Å². The second-order valence-electron chi connectivity index (χ2n) is 5.74. The molecule has 1 atom stereocenters. The fourth-order valence-corrected chi connectivity index (χ4v) is 2.39. The van der Waals surface area contributed by atoms with Gasteiger partial charge in [0.05, 0.1) is 5.56 Å². The smallest absolute Gasteiger partial charge is 0.339 e. The van der Waals surface area contributed by atoms with Crippen LogP contribution in [0.15, 0.2) is 36.4 Å². The summed E-state index contributed by atoms with van der Waals surface area (Å²) in [5.41, 5.74) is 3.79. The molecule has 24 heavy (non-hydrogen) atoms. The van der Waals surface area contributed by atoms with Crippen molar-refractivity contribution in [3.63, 3.8) is 0 Å². The summed E-state index contributed by atoms with van der Waals surface area (Å²) < 4.78 is 5.29. The van der Waals surface area contributed by atoms with Crippen LogP contribution in [0.25, 0.3) is 0 Å². The van der Waals surface area contributed by atoms with Gasteiger partial charge < -0.3 is 10.1 Å². The van der Waals surface area contributed by atoms with Crippen molar-refractivity contribution in [2.45, 2.75) is 33.8 Å². The average molecular weight is 346 g/mol. The van der Waals surface area contributed by atoms with Crippen molar-refractivity contribution in [2.24, 2.45) is 0 Å². The zero-order valence-corrected chi connectivity index (χ0v) is 14.9. The quantitative estimate of drug-likeness (QED) is 0.833. The minimum atomic E-state index is -0.921. The molecule has 1 unspecified atom stereocenters. The van der Waals surface area contributed by atoms with E-state index in [1.165, 1.54) is 6.92 Å². The SMILES string of the molecule is Cc1ccc(Cl)cc1NC(=O)C(C)OC(=O)c1cccc(C)c1C. The first-order valence-electron chi connectivity index (χ1n) is 7.64. The molecule has 0 fully saturated rings. The Kier molecular flexibility index (Phi) is 5.62. The number of nitrogens with one attached hydrogen (secondary N) is 1. The molecule has 0 saturated carbocycles. The standard InChI is InChI=1S/C19H20ClNO3/c1-11-6-5-7-16(13(11)3)19(23)24-14(4)18(22)21-17-10-15(20)9-8-12(17)2/h5-10,14H,1-4H3,(H,21,22). The molecule has 2 rings (SSSR count). The van der Waals surface area contributed by atoms with Crippen molar-refractivity contribution >= 4 is 29.2 Å². The first kappa shape index (κ1) is 18.0. The Hall–Kier alpha value is -2.33. The van der Waals surface area contributed by atoms with Gasteiger partial charge in [0.25, 0.3) is 5.91 Å². The van der Waals surface area contributed by atoms with Gasteiger partial charge in [0, 0.05) is 10.7 Å². The molecule has 0 aliphatic heterocycles. The van der Waals surface area contributed by atoms with Crippen LogP contribution in [0.1, 0.15) is 34.0 Å². The van der Waals surface area contributed by atoms with E-state index in [4.69, 9.17) is 16.3 Å². The Labute approximate surface area is 146 Å². The number of aryl methyl sites for hydroxylation is 2. The molecule has 0 spiro atoms. The summed E-state index contributed by atoms with van der Waals surface area (Å²) in [4.78, 5) is 24.5. The number of rotatable bonds is 4. The van der Waals surface area contributed by atoms with Crippen molar-refractivity contribution in [2.75, 3.05) is 5.32 Å². The van der Waals surface area contributed by atoms with Gasteiger partial charge in [0.15, 0.2) is 6.10 Å². The van der Waals surface area contributed by atoms with Gasteiger partial charge in [-0.05, 0) is 62.6 Å². The normalized spacial score (nSPS) is 11.7. The third-order valence-corrected chi connectivity index (χ3v) is 4.17. The van der Waals surface area contributed by atoms with Crippen LogP contribution in [-0.4, -0.2) is 18.0 Å². The number of anilines is 1. The Morgan fingerprint density at radius 2 is 1.79 bits per heavy atom. The third-order valence-electron chi connectivity index (χ3n) is 3.94. The lowest BCUT2D eigenvalue weighted by Crippen LogP contribution is -2.30. The number of halogens is 1. The van der Waals surface area contributed by atoms with Gasteiger partial charge in [0.1, 0.15) is 0 Å². The van der Waals surface area contributed by atoms with Gasteiger partial charge >= 0.3 is 5.97 Å². The summed E-state index contributed by atoms with van der Waals surface area (Å²) in [6, 6.07) is 10.6. The van der Waals surface area contributed by atoms with Crippen molar-refractivity contribution < 1.29 is 14.3 Å². The maximum atomic E-state index is 12.3. The Balaban J connectivity index is 2.07. The Morgan fingerprint density at radius 1 is 1.08 bits per heavy atom. The Bertz CT molecular complexity index is 786. The number of esters is 1. The lowest BCUT2D eigenvalue weighted by molar-refractivity contribution is -0.123. The Morgan fingerprint density at radius 3 is 2.50 bits per heavy atom. The van der Waals surface area contributed by atoms with E-state index in [0.29, 0.717) is 16.3 Å². The monoisotopic (exact) mass is 345 g/mol. The van der Waals surface area contributed by atoms with Gasteiger partial charge in [-0.25, -0.2) is 4.79 Å². The highest BCUT2D eigenvalue weighted by Crippen LogP contribution is 2.21. The van der Waals surface area contributed by atoms with E-state index in [2.05, 4.69) is 5.32 Å². The summed E-state index contributed by atoms with van der Waals surface area (Å²) in [5, 5.41) is 3.26. The molecule has 0 aromatic heterocycles. The van der Waals surface area contributed by atoms with Crippen LogP contribution < -0.4 is 5.32 Å². The summed E-state index contributed by atoms with van der Waals surface area (Å²) in [6.07, 6.45) is -0.921. The van der Waals surface area contributed by atoms with Gasteiger partial charge in [-0.1, -0.05) is 29.8 Å². The second kappa shape index (κ2) is 7.49. The summed E-state index contributed by atoms with van der Waals surface area (Å²) in [7, 11) is 0. The van der Waals surface area contributed by atoms with Crippen LogP contribution in [0.4, 0.5) is 5.69 Å². The lowest BCUT2D eigenvalue weighted by Gasteiger charge is -2.16. The van der Waals surface area contributed by atoms with Crippen molar-refractivity contribution in [1.29, 1.82) is 0 Å². The number of ether oxygens (including phenoxy) is 1. The molecule has 0 aliphatic rings. The predicted molar refractivity (Wildman–Crippen MR) is 95.6 cm³/mol. The minimum Gasteiger partial charge on any atom is -0.449 e. The molecule has 0 radical (unpaired) electrons. The number of amides is 1. The van der Waals surface area contributed by atoms with E-state index in [1.807, 2.05) is 32.9 Å². The largest absolute Gasteiger partial charge is 0.449 e. The number of benzene rings is 2. The molecule has 1 N–H and O–H groups in total. The highest BCUT2D eigenvalue weighted by atomic mass is 35.5. The van der Waals surface area contributed by atoms with Crippen LogP contribution in [0.5, 0.6) is 0 Å². The maximum absolute atomic E-state index is 12.3. The predicted octanol–water partition coefficient (Wildman–Crippen LogP) is 4.45. The minimum absolute atomic E-state index is 0.404. The molecule has 1 amide bonds. The molecule has 0 saturated heterocycles. The van der Waals surface area contributed by atoms with Gasteiger partial charge in [-0.2, -0.15) is 0 Å². The molecular weight excluding hydrogens is 326 g/mol. The van der Waals surface area contributed by atoms with E-state index in [-0.39, 0.29) is 0 Å². The van der Waals surface area contributed by atoms with Gasteiger partial charge in [0.2, 0.25) is 0 Å². The van der Waals surface area contributed by atoms with Crippen LogP contribution >= 0.6 is 11.6 Å². The summed E-state index contributed by atoms with van der Waals surface area (Å²) in [5.74, 6) is -0.916. The zero-order valence-electron chi connectivity index (χ0n) is 14.1. The van der Waals surface area contributed by atoms with Crippen LogP contribution in [-0.2, 0) is 9.53 Å². The summed E-state index contributed by atoms with van der Waals surface area (Å²) >= 11 is 5.94. The maximum Gasteiger partial charge on any atom is 0.339 e. The van der Waals surface area contributed by atoms with Gasteiger partial charge in [-0.15, -0.1) is 0 Å². The van der Waals surface area contributed by atoms with E-state index in [0.717, 1.165) is 16.7 Å². The first-order valence-corrected chi connectivity index (χ1v) is 8.01. The van der Waals surface area contributed by atoms with Crippen LogP contribution in [0.3, 0.4) is 0 Å².